The van der Waals surface area contributed by atoms with E-state index in [1.165, 1.54) is 56.9 Å². The van der Waals surface area contributed by atoms with Crippen LogP contribution in [-0.4, -0.2) is 54.5 Å². The van der Waals surface area contributed by atoms with Crippen LogP contribution >= 0.6 is 12.4 Å². The third-order valence-corrected chi connectivity index (χ3v) is 11.0. The smallest absolute Gasteiger partial charge is 0.253 e. The Kier molecular flexibility index (Phi) is 9.35. The molecule has 6 nitrogen and oxygen atoms in total. The van der Waals surface area contributed by atoms with Gasteiger partial charge in [0.05, 0.1) is 6.61 Å². The summed E-state index contributed by atoms with van der Waals surface area (Å²) in [6.07, 6.45) is 15.3. The number of aryl methyl sites for hydroxylation is 1. The highest BCUT2D eigenvalue weighted by Gasteiger charge is 2.50. The number of ether oxygens (including phenoxy) is 1. The Hall–Kier alpha value is -2.57. The molecule has 2 heterocycles. The predicted octanol–water partition coefficient (Wildman–Crippen LogP) is 6.80. The molecule has 4 saturated carbocycles. The molecule has 2 aliphatic heterocycles. The van der Waals surface area contributed by atoms with Gasteiger partial charge in [-0.1, -0.05) is 18.2 Å². The zero-order valence-corrected chi connectivity index (χ0v) is 26.3. The van der Waals surface area contributed by atoms with Crippen molar-refractivity contribution in [3.05, 3.63) is 59.7 Å². The van der Waals surface area contributed by atoms with E-state index in [0.717, 1.165) is 68.0 Å². The van der Waals surface area contributed by atoms with Crippen LogP contribution in [0.3, 0.4) is 0 Å². The maximum absolute atomic E-state index is 13.2. The second-order valence-electron chi connectivity index (χ2n) is 14.0. The first-order valence-corrected chi connectivity index (χ1v) is 16.7. The number of hydrogen-bond donors (Lipinski definition) is 1. The van der Waals surface area contributed by atoms with Crippen molar-refractivity contribution in [2.24, 2.45) is 17.8 Å². The molecule has 4 bridgehead atoms. The first-order valence-electron chi connectivity index (χ1n) is 16.7. The third-order valence-electron chi connectivity index (χ3n) is 11.0. The van der Waals surface area contributed by atoms with Crippen molar-refractivity contribution in [3.8, 4) is 5.75 Å². The van der Waals surface area contributed by atoms with E-state index in [1.807, 2.05) is 46.2 Å². The van der Waals surface area contributed by atoms with E-state index in [2.05, 4.69) is 17.4 Å². The van der Waals surface area contributed by atoms with Gasteiger partial charge in [-0.3, -0.25) is 9.59 Å². The topological polar surface area (TPSA) is 61.9 Å². The van der Waals surface area contributed by atoms with Crippen LogP contribution in [-0.2, 0) is 11.2 Å². The molecule has 1 N–H and O–H groups in total. The number of fused-ring (bicyclic) bond motifs is 1. The Bertz CT molecular complexity index is 1240. The maximum atomic E-state index is 13.2. The van der Waals surface area contributed by atoms with Gasteiger partial charge in [0.2, 0.25) is 5.91 Å². The van der Waals surface area contributed by atoms with E-state index < -0.39 is 0 Å². The molecule has 2 aromatic rings. The molecule has 8 rings (SSSR count). The number of carbonyl (C=O) groups is 2. The number of anilines is 1. The number of benzene rings is 2. The molecule has 0 radical (unpaired) electrons. The monoisotopic (exact) mass is 605 g/mol. The van der Waals surface area contributed by atoms with Crippen molar-refractivity contribution >= 4 is 29.9 Å². The minimum Gasteiger partial charge on any atom is -0.494 e. The normalized spacial score (nSPS) is 28.0. The summed E-state index contributed by atoms with van der Waals surface area (Å²) < 4.78 is 6.00. The van der Waals surface area contributed by atoms with E-state index >= 15 is 0 Å². The summed E-state index contributed by atoms with van der Waals surface area (Å²) in [5, 5.41) is 4.01. The molecule has 2 amide bonds. The van der Waals surface area contributed by atoms with Crippen molar-refractivity contribution < 1.29 is 14.3 Å². The Morgan fingerprint density at radius 2 is 1.53 bits per heavy atom. The van der Waals surface area contributed by atoms with E-state index in [0.29, 0.717) is 30.6 Å². The molecule has 0 spiro atoms. The van der Waals surface area contributed by atoms with Gasteiger partial charge in [0.25, 0.3) is 5.91 Å². The van der Waals surface area contributed by atoms with E-state index in [4.69, 9.17) is 4.74 Å². The van der Waals surface area contributed by atoms with Gasteiger partial charge in [-0.15, -0.1) is 12.4 Å². The summed E-state index contributed by atoms with van der Waals surface area (Å²) in [6, 6.07) is 16.1. The van der Waals surface area contributed by atoms with Crippen LogP contribution in [0.5, 0.6) is 5.75 Å². The summed E-state index contributed by atoms with van der Waals surface area (Å²) in [4.78, 5) is 30.0. The van der Waals surface area contributed by atoms with Crippen molar-refractivity contribution in [1.82, 2.24) is 10.2 Å². The zero-order chi connectivity index (χ0) is 28.5. The number of piperidine rings is 1. The minimum absolute atomic E-state index is 0. The standard InChI is InChI=1S/C36H47N3O3.ClH/c40-34-13-10-29-6-2-3-7-33(29)39(34)31-14-17-38(18-15-31)35(41)30-8-11-32(12-9-30)42-19-5-1-4-16-37-36-23-26-20-27(24-36)22-28(21-26)25-36;/h2-3,6-9,11-12,26-28,31,37H,1,4-5,10,13-25H2;1H. The zero-order valence-electron chi connectivity index (χ0n) is 25.5. The molecule has 1 saturated heterocycles. The lowest BCUT2D eigenvalue weighted by Crippen LogP contribution is -2.58. The number of unbranched alkanes of at least 4 members (excludes halogenated alkanes) is 2. The number of halogens is 1. The Labute approximate surface area is 263 Å². The van der Waals surface area contributed by atoms with Gasteiger partial charge >= 0.3 is 0 Å². The number of nitrogens with one attached hydrogen (secondary N) is 1. The summed E-state index contributed by atoms with van der Waals surface area (Å²) in [5.74, 6) is 4.11. The summed E-state index contributed by atoms with van der Waals surface area (Å²) in [7, 11) is 0. The van der Waals surface area contributed by atoms with Gasteiger partial charge in [0.1, 0.15) is 5.75 Å². The van der Waals surface area contributed by atoms with E-state index in [-0.39, 0.29) is 30.3 Å². The molecule has 0 aromatic heterocycles. The maximum Gasteiger partial charge on any atom is 0.253 e. The van der Waals surface area contributed by atoms with Crippen molar-refractivity contribution in [3.63, 3.8) is 0 Å². The molecule has 7 heteroatoms. The second kappa shape index (κ2) is 13.2. The van der Waals surface area contributed by atoms with Gasteiger partial charge in [-0.2, -0.15) is 0 Å². The highest BCUT2D eigenvalue weighted by molar-refractivity contribution is 5.97. The fourth-order valence-electron chi connectivity index (χ4n) is 9.33. The van der Waals surface area contributed by atoms with Gasteiger partial charge in [-0.05, 0) is 137 Å². The SMILES string of the molecule is Cl.O=C(c1ccc(OCCCCCNC23CC4CC(CC(C4)C2)C3)cc1)N1CCC(N2C(=O)CCc3ccccc32)CC1. The van der Waals surface area contributed by atoms with Gasteiger partial charge in [0, 0.05) is 42.3 Å². The lowest BCUT2D eigenvalue weighted by Gasteiger charge is -2.57. The van der Waals surface area contributed by atoms with Crippen molar-refractivity contribution in [1.29, 1.82) is 0 Å². The molecule has 0 atom stereocenters. The van der Waals surface area contributed by atoms with Crippen LogP contribution in [0, 0.1) is 17.8 Å². The van der Waals surface area contributed by atoms with Gasteiger partial charge in [-0.25, -0.2) is 0 Å². The Morgan fingerprint density at radius 1 is 0.860 bits per heavy atom. The summed E-state index contributed by atoms with van der Waals surface area (Å²) >= 11 is 0. The van der Waals surface area contributed by atoms with Crippen LogP contribution in [0.15, 0.2) is 48.5 Å². The van der Waals surface area contributed by atoms with E-state index in [9.17, 15) is 9.59 Å². The highest BCUT2D eigenvalue weighted by Crippen LogP contribution is 2.55. The lowest BCUT2D eigenvalue weighted by atomic mass is 9.53. The number of amides is 2. The molecular formula is C36H48ClN3O3. The molecule has 232 valence electrons. The molecule has 6 aliphatic rings. The number of likely N-dealkylation sites (tertiary alicyclic amines) is 1. The summed E-state index contributed by atoms with van der Waals surface area (Å²) in [6.45, 7) is 3.20. The van der Waals surface area contributed by atoms with E-state index in [1.54, 1.807) is 0 Å². The minimum atomic E-state index is 0. The number of rotatable bonds is 10. The first-order chi connectivity index (χ1) is 20.6. The largest absolute Gasteiger partial charge is 0.494 e. The van der Waals surface area contributed by atoms with Gasteiger partial charge < -0.3 is 19.9 Å². The van der Waals surface area contributed by atoms with Crippen LogP contribution in [0.1, 0.15) is 93.0 Å². The molecule has 4 aliphatic carbocycles. The third kappa shape index (κ3) is 6.61. The molecule has 5 fully saturated rings. The highest BCUT2D eigenvalue weighted by atomic mass is 35.5. The first kappa shape index (κ1) is 30.5. The average Bonchev–Trinajstić information content (AvgIpc) is 3.00. The van der Waals surface area contributed by atoms with Crippen LogP contribution in [0.4, 0.5) is 5.69 Å². The van der Waals surface area contributed by atoms with Crippen LogP contribution in [0.25, 0.3) is 0 Å². The van der Waals surface area contributed by atoms with Crippen molar-refractivity contribution in [2.45, 2.75) is 95.1 Å². The molecule has 43 heavy (non-hydrogen) atoms. The Balaban J connectivity index is 0.00000329. The molecule has 0 unspecified atom stereocenters. The number of hydrogen-bond acceptors (Lipinski definition) is 4. The van der Waals surface area contributed by atoms with Gasteiger partial charge in [0.15, 0.2) is 0 Å². The quantitative estimate of drug-likeness (QED) is 0.303. The predicted molar refractivity (Wildman–Crippen MR) is 173 cm³/mol. The molecular weight excluding hydrogens is 558 g/mol. The second-order valence-corrected chi connectivity index (χ2v) is 14.0. The summed E-state index contributed by atoms with van der Waals surface area (Å²) in [5.41, 5.74) is 3.49. The molecule has 2 aromatic carbocycles. The average molecular weight is 606 g/mol. The van der Waals surface area contributed by atoms with Crippen LogP contribution < -0.4 is 15.0 Å². The van der Waals surface area contributed by atoms with Crippen LogP contribution in [0.2, 0.25) is 0 Å². The number of carbonyl (C=O) groups excluding carboxylic acids is 2. The fraction of sp³-hybridized carbons (Fsp3) is 0.611. The fourth-order valence-corrected chi connectivity index (χ4v) is 9.33. The number of para-hydroxylation sites is 1. The Morgan fingerprint density at radius 3 is 2.23 bits per heavy atom. The lowest BCUT2D eigenvalue weighted by molar-refractivity contribution is -0.119. The van der Waals surface area contributed by atoms with Crippen molar-refractivity contribution in [2.75, 3.05) is 31.1 Å². The number of nitrogens with zero attached hydrogens (tertiary/aromatic N) is 2.